The normalized spacial score (nSPS) is 11.3. The van der Waals surface area contributed by atoms with Crippen LogP contribution in [0.4, 0.5) is 5.69 Å². The molecule has 0 spiro atoms. The average molecular weight is 486 g/mol. The lowest BCUT2D eigenvalue weighted by Crippen LogP contribution is -2.39. The Balaban J connectivity index is 1.73. The van der Waals surface area contributed by atoms with Gasteiger partial charge in [-0.3, -0.25) is 9.10 Å². The van der Waals surface area contributed by atoms with Crippen LogP contribution in [0, 0.1) is 0 Å². The zero-order valence-corrected chi connectivity index (χ0v) is 19.6. The molecule has 1 amide bonds. The molecule has 0 fully saturated rings. The van der Waals surface area contributed by atoms with Crippen molar-refractivity contribution >= 4 is 39.4 Å². The number of ether oxygens (including phenoxy) is 1. The number of carbonyl (C=O) groups is 1. The summed E-state index contributed by atoms with van der Waals surface area (Å²) in [6, 6.07) is 21.4. The molecule has 9 heteroatoms. The molecule has 172 valence electrons. The van der Waals surface area contributed by atoms with Crippen LogP contribution < -0.4 is 14.5 Å². The van der Waals surface area contributed by atoms with Gasteiger partial charge in [-0.05, 0) is 66.6 Å². The lowest BCUT2D eigenvalue weighted by atomic mass is 10.2. The second-order valence-corrected chi connectivity index (χ2v) is 9.31. The molecule has 0 saturated heterocycles. The predicted octanol–water partition coefficient (Wildman–Crippen LogP) is 4.47. The van der Waals surface area contributed by atoms with Gasteiger partial charge in [-0.25, -0.2) is 13.8 Å². The molecule has 3 aromatic carbocycles. The minimum atomic E-state index is -4.01. The van der Waals surface area contributed by atoms with Crippen molar-refractivity contribution in [2.75, 3.05) is 17.5 Å². The Morgan fingerprint density at radius 3 is 2.45 bits per heavy atom. The van der Waals surface area contributed by atoms with E-state index in [-0.39, 0.29) is 10.6 Å². The summed E-state index contributed by atoms with van der Waals surface area (Å²) in [5.41, 5.74) is 3.40. The second kappa shape index (κ2) is 11.5. The summed E-state index contributed by atoms with van der Waals surface area (Å²) in [5, 5.41) is 4.29. The molecule has 0 saturated carbocycles. The molecule has 0 atom stereocenters. The van der Waals surface area contributed by atoms with Crippen LogP contribution >= 0.6 is 11.6 Å². The molecule has 0 unspecified atom stereocenters. The largest absolute Gasteiger partial charge is 0.494 e. The van der Waals surface area contributed by atoms with Crippen LogP contribution in [-0.4, -0.2) is 33.7 Å². The molecular formula is C24H24ClN3O4S. The molecule has 1 N–H and O–H groups in total. The van der Waals surface area contributed by atoms with E-state index in [9.17, 15) is 13.2 Å². The van der Waals surface area contributed by atoms with Gasteiger partial charge >= 0.3 is 0 Å². The van der Waals surface area contributed by atoms with Gasteiger partial charge in [-0.2, -0.15) is 5.10 Å². The van der Waals surface area contributed by atoms with E-state index < -0.39 is 22.5 Å². The Labute approximate surface area is 198 Å². The maximum atomic E-state index is 13.2. The monoisotopic (exact) mass is 485 g/mol. The van der Waals surface area contributed by atoms with Crippen LogP contribution in [0.2, 0.25) is 5.02 Å². The summed E-state index contributed by atoms with van der Waals surface area (Å²) < 4.78 is 33.0. The number of benzene rings is 3. The van der Waals surface area contributed by atoms with E-state index in [1.807, 2.05) is 19.1 Å². The fourth-order valence-electron chi connectivity index (χ4n) is 2.88. The van der Waals surface area contributed by atoms with E-state index in [0.717, 1.165) is 22.0 Å². The van der Waals surface area contributed by atoms with Gasteiger partial charge in [0, 0.05) is 5.02 Å². The number of hydrazone groups is 1. The number of carbonyl (C=O) groups excluding carboxylic acids is 1. The van der Waals surface area contributed by atoms with Gasteiger partial charge < -0.3 is 4.74 Å². The topological polar surface area (TPSA) is 88.1 Å². The Bertz CT molecular complexity index is 1200. The zero-order chi connectivity index (χ0) is 23.7. The standard InChI is InChI=1S/C24H24ClN3O4S/c1-2-15-32-22-13-11-19(12-14-22)17-26-27-24(29)18-28(21-8-6-7-20(25)16-21)33(30,31)23-9-4-3-5-10-23/h3-14,16-17H,2,15,18H2,1H3,(H,27,29)/b26-17-. The molecule has 3 aromatic rings. The molecule has 33 heavy (non-hydrogen) atoms. The second-order valence-electron chi connectivity index (χ2n) is 7.02. The summed E-state index contributed by atoms with van der Waals surface area (Å²) >= 11 is 6.06. The molecule has 3 rings (SSSR count). The maximum absolute atomic E-state index is 13.2. The van der Waals surface area contributed by atoms with E-state index in [1.165, 1.54) is 24.4 Å². The maximum Gasteiger partial charge on any atom is 0.264 e. The van der Waals surface area contributed by atoms with Gasteiger partial charge in [0.25, 0.3) is 15.9 Å². The first kappa shape index (κ1) is 24.3. The highest BCUT2D eigenvalue weighted by molar-refractivity contribution is 7.92. The summed E-state index contributed by atoms with van der Waals surface area (Å²) in [6.07, 6.45) is 2.39. The van der Waals surface area contributed by atoms with Crippen LogP contribution in [0.1, 0.15) is 18.9 Å². The van der Waals surface area contributed by atoms with E-state index in [4.69, 9.17) is 16.3 Å². The summed E-state index contributed by atoms with van der Waals surface area (Å²) in [5.74, 6) is 0.148. The van der Waals surface area contributed by atoms with Crippen LogP contribution in [0.25, 0.3) is 0 Å². The number of anilines is 1. The summed E-state index contributed by atoms with van der Waals surface area (Å²) in [6.45, 7) is 2.19. The number of halogens is 1. The van der Waals surface area contributed by atoms with Gasteiger partial charge in [-0.1, -0.05) is 42.8 Å². The highest BCUT2D eigenvalue weighted by Crippen LogP contribution is 2.25. The summed E-state index contributed by atoms with van der Waals surface area (Å²) in [4.78, 5) is 12.6. The molecule has 0 aliphatic rings. The van der Waals surface area contributed by atoms with Gasteiger partial charge in [0.15, 0.2) is 0 Å². The number of amides is 1. The fourth-order valence-corrected chi connectivity index (χ4v) is 4.50. The third kappa shape index (κ3) is 6.81. The van der Waals surface area contributed by atoms with Crippen molar-refractivity contribution in [3.8, 4) is 5.75 Å². The minimum absolute atomic E-state index is 0.0617. The van der Waals surface area contributed by atoms with Crippen LogP contribution in [0.5, 0.6) is 5.75 Å². The van der Waals surface area contributed by atoms with Crippen molar-refractivity contribution in [1.82, 2.24) is 5.43 Å². The number of sulfonamides is 1. The highest BCUT2D eigenvalue weighted by atomic mass is 35.5. The smallest absolute Gasteiger partial charge is 0.264 e. The first-order valence-corrected chi connectivity index (χ1v) is 12.1. The molecule has 0 aliphatic heterocycles. The fraction of sp³-hybridized carbons (Fsp3) is 0.167. The first-order chi connectivity index (χ1) is 15.9. The third-order valence-corrected chi connectivity index (χ3v) is 6.49. The van der Waals surface area contributed by atoms with Crippen molar-refractivity contribution in [2.45, 2.75) is 18.2 Å². The minimum Gasteiger partial charge on any atom is -0.494 e. The predicted molar refractivity (Wildman–Crippen MR) is 130 cm³/mol. The lowest BCUT2D eigenvalue weighted by Gasteiger charge is -2.23. The Morgan fingerprint density at radius 1 is 1.06 bits per heavy atom. The van der Waals surface area contributed by atoms with Gasteiger partial charge in [0.1, 0.15) is 12.3 Å². The van der Waals surface area contributed by atoms with Crippen molar-refractivity contribution in [3.63, 3.8) is 0 Å². The molecule has 0 heterocycles. The van der Waals surface area contributed by atoms with Crippen LogP contribution in [-0.2, 0) is 14.8 Å². The third-order valence-electron chi connectivity index (χ3n) is 4.47. The van der Waals surface area contributed by atoms with Gasteiger partial charge in [0.2, 0.25) is 0 Å². The van der Waals surface area contributed by atoms with E-state index in [0.29, 0.717) is 11.6 Å². The van der Waals surface area contributed by atoms with E-state index in [2.05, 4.69) is 10.5 Å². The van der Waals surface area contributed by atoms with Crippen LogP contribution in [0.3, 0.4) is 0 Å². The molecule has 0 radical (unpaired) electrons. The van der Waals surface area contributed by atoms with E-state index in [1.54, 1.807) is 48.5 Å². The number of hydrogen-bond acceptors (Lipinski definition) is 5. The highest BCUT2D eigenvalue weighted by Gasteiger charge is 2.27. The van der Waals surface area contributed by atoms with Crippen molar-refractivity contribution in [2.24, 2.45) is 5.10 Å². The Kier molecular flexibility index (Phi) is 8.46. The SMILES string of the molecule is CCCOc1ccc(/C=N\NC(=O)CN(c2cccc(Cl)c2)S(=O)(=O)c2ccccc2)cc1. The Morgan fingerprint density at radius 2 is 1.79 bits per heavy atom. The molecule has 0 aromatic heterocycles. The summed E-state index contributed by atoms with van der Waals surface area (Å²) in [7, 11) is -4.01. The van der Waals surface area contributed by atoms with Crippen molar-refractivity contribution in [3.05, 3.63) is 89.4 Å². The molecular weight excluding hydrogens is 462 g/mol. The van der Waals surface area contributed by atoms with E-state index >= 15 is 0 Å². The quantitative estimate of drug-likeness (QED) is 0.339. The van der Waals surface area contributed by atoms with Crippen molar-refractivity contribution < 1.29 is 17.9 Å². The molecule has 0 bridgehead atoms. The van der Waals surface area contributed by atoms with Gasteiger partial charge in [0.05, 0.1) is 23.4 Å². The number of nitrogens with one attached hydrogen (secondary N) is 1. The number of nitrogens with zero attached hydrogens (tertiary/aromatic N) is 2. The number of rotatable bonds is 10. The average Bonchev–Trinajstić information content (AvgIpc) is 2.82. The molecule has 7 nitrogen and oxygen atoms in total. The lowest BCUT2D eigenvalue weighted by molar-refractivity contribution is -0.119. The van der Waals surface area contributed by atoms with Crippen LogP contribution in [0.15, 0.2) is 88.9 Å². The van der Waals surface area contributed by atoms with Crippen molar-refractivity contribution in [1.29, 1.82) is 0 Å². The number of hydrogen-bond donors (Lipinski definition) is 1. The molecule has 0 aliphatic carbocycles. The Hall–Kier alpha value is -3.36. The van der Waals surface area contributed by atoms with Gasteiger partial charge in [-0.15, -0.1) is 0 Å². The first-order valence-electron chi connectivity index (χ1n) is 10.3. The zero-order valence-electron chi connectivity index (χ0n) is 18.0.